The third-order valence-corrected chi connectivity index (χ3v) is 3.03. The summed E-state index contributed by atoms with van der Waals surface area (Å²) in [5.74, 6) is 0.269. The Kier molecular flexibility index (Phi) is 9.60. The first kappa shape index (κ1) is 20.9. The van der Waals surface area contributed by atoms with Gasteiger partial charge < -0.3 is 34.7 Å². The molecular formula is C16H24N2O6S. The highest BCUT2D eigenvalue weighted by molar-refractivity contribution is 7.80. The van der Waals surface area contributed by atoms with Crippen molar-refractivity contribution in [1.29, 1.82) is 0 Å². The molecule has 9 heteroatoms. The number of nitrogens with one attached hydrogen (secondary N) is 1. The van der Waals surface area contributed by atoms with Crippen LogP contribution < -0.4 is 20.5 Å². The molecule has 0 atom stereocenters. The number of benzene rings is 1. The molecule has 3 N–H and O–H groups in total. The zero-order valence-electron chi connectivity index (χ0n) is 14.6. The molecule has 0 saturated carbocycles. The summed E-state index contributed by atoms with van der Waals surface area (Å²) in [6.45, 7) is 3.34. The van der Waals surface area contributed by atoms with Gasteiger partial charge in [0.25, 0.3) is 0 Å². The molecule has 0 spiro atoms. The van der Waals surface area contributed by atoms with E-state index >= 15 is 0 Å². The van der Waals surface area contributed by atoms with Crippen LogP contribution in [0.5, 0.6) is 11.5 Å². The summed E-state index contributed by atoms with van der Waals surface area (Å²) >= 11 is 4.86. The molecule has 0 bridgehead atoms. The van der Waals surface area contributed by atoms with Crippen LogP contribution >= 0.6 is 12.2 Å². The minimum atomic E-state index is -0.527. The van der Waals surface area contributed by atoms with E-state index in [0.717, 1.165) is 0 Å². The molecule has 0 radical (unpaired) electrons. The summed E-state index contributed by atoms with van der Waals surface area (Å²) in [7, 11) is 3.14. The maximum atomic E-state index is 12.2. The summed E-state index contributed by atoms with van der Waals surface area (Å²) in [5.41, 5.74) is 6.14. The number of carbonyl (C=O) groups is 1. The lowest BCUT2D eigenvalue weighted by molar-refractivity contribution is 0.0527. The molecule has 0 aliphatic rings. The molecule has 0 amide bonds. The summed E-state index contributed by atoms with van der Waals surface area (Å²) in [6, 6.07) is 3.11. The Bertz CT molecular complexity index is 582. The highest BCUT2D eigenvalue weighted by atomic mass is 32.1. The van der Waals surface area contributed by atoms with Crippen molar-refractivity contribution in [2.75, 3.05) is 52.6 Å². The number of thiocarbonyl (C=S) groups is 1. The van der Waals surface area contributed by atoms with Gasteiger partial charge in [-0.2, -0.15) is 0 Å². The standard InChI is InChI=1S/C16H24N2O6S/c1-4-22-15(19)11-9-13(23-7-5-20-2)14(24-8-6-21-3)10-12(11)18-16(17)25/h9-10H,4-8H2,1-3H3,(H3,17,18,25). The Morgan fingerprint density at radius 2 is 1.64 bits per heavy atom. The van der Waals surface area contributed by atoms with E-state index in [4.69, 9.17) is 41.6 Å². The predicted octanol–water partition coefficient (Wildman–Crippen LogP) is 1.57. The van der Waals surface area contributed by atoms with Crippen LogP contribution in [0.3, 0.4) is 0 Å². The summed E-state index contributed by atoms with van der Waals surface area (Å²) in [5, 5.41) is 2.77. The lowest BCUT2D eigenvalue weighted by Crippen LogP contribution is -2.21. The van der Waals surface area contributed by atoms with E-state index in [0.29, 0.717) is 43.6 Å². The molecule has 1 aromatic carbocycles. The second-order valence-electron chi connectivity index (χ2n) is 4.74. The maximum absolute atomic E-state index is 12.2. The minimum absolute atomic E-state index is 0.0152. The predicted molar refractivity (Wildman–Crippen MR) is 97.5 cm³/mol. The van der Waals surface area contributed by atoms with Crippen molar-refractivity contribution in [1.82, 2.24) is 0 Å². The van der Waals surface area contributed by atoms with E-state index < -0.39 is 5.97 Å². The van der Waals surface area contributed by atoms with Crippen LogP contribution in [0.2, 0.25) is 0 Å². The fraction of sp³-hybridized carbons (Fsp3) is 0.500. The van der Waals surface area contributed by atoms with E-state index in [1.807, 2.05) is 0 Å². The van der Waals surface area contributed by atoms with Crippen molar-refractivity contribution in [2.45, 2.75) is 6.92 Å². The van der Waals surface area contributed by atoms with Gasteiger partial charge in [-0.15, -0.1) is 0 Å². The van der Waals surface area contributed by atoms with Crippen LogP contribution in [-0.4, -0.2) is 58.3 Å². The van der Waals surface area contributed by atoms with Crippen molar-refractivity contribution in [3.8, 4) is 11.5 Å². The first-order valence-electron chi connectivity index (χ1n) is 7.68. The number of hydrogen-bond donors (Lipinski definition) is 2. The molecule has 140 valence electrons. The molecule has 0 aliphatic carbocycles. The molecule has 0 aromatic heterocycles. The van der Waals surface area contributed by atoms with Crippen molar-refractivity contribution < 1.29 is 28.5 Å². The fourth-order valence-corrected chi connectivity index (χ4v) is 1.98. The van der Waals surface area contributed by atoms with Gasteiger partial charge in [-0.25, -0.2) is 4.79 Å². The third-order valence-electron chi connectivity index (χ3n) is 2.93. The molecule has 1 rings (SSSR count). The van der Waals surface area contributed by atoms with Gasteiger partial charge in [0, 0.05) is 26.4 Å². The lowest BCUT2D eigenvalue weighted by atomic mass is 10.1. The van der Waals surface area contributed by atoms with E-state index in [1.54, 1.807) is 27.2 Å². The number of hydrogen-bond acceptors (Lipinski definition) is 7. The zero-order chi connectivity index (χ0) is 18.7. The number of anilines is 1. The molecule has 0 fully saturated rings. The molecule has 8 nitrogen and oxygen atoms in total. The number of nitrogens with two attached hydrogens (primary N) is 1. The number of methoxy groups -OCH3 is 2. The van der Waals surface area contributed by atoms with Gasteiger partial charge in [0.15, 0.2) is 16.6 Å². The Hall–Kier alpha value is -2.10. The van der Waals surface area contributed by atoms with Gasteiger partial charge in [0.2, 0.25) is 0 Å². The number of carbonyl (C=O) groups excluding carboxylic acids is 1. The van der Waals surface area contributed by atoms with E-state index in [2.05, 4.69) is 5.32 Å². The highest BCUT2D eigenvalue weighted by Gasteiger charge is 2.19. The monoisotopic (exact) mass is 372 g/mol. The minimum Gasteiger partial charge on any atom is -0.487 e. The Balaban J connectivity index is 3.20. The smallest absolute Gasteiger partial charge is 0.340 e. The van der Waals surface area contributed by atoms with Crippen molar-refractivity contribution in [3.63, 3.8) is 0 Å². The highest BCUT2D eigenvalue weighted by Crippen LogP contribution is 2.34. The van der Waals surface area contributed by atoms with Crippen LogP contribution in [0.15, 0.2) is 12.1 Å². The fourth-order valence-electron chi connectivity index (χ4n) is 1.87. The van der Waals surface area contributed by atoms with Gasteiger partial charge >= 0.3 is 5.97 Å². The van der Waals surface area contributed by atoms with Crippen LogP contribution in [0.1, 0.15) is 17.3 Å². The van der Waals surface area contributed by atoms with Gasteiger partial charge in [-0.05, 0) is 19.1 Å². The lowest BCUT2D eigenvalue weighted by Gasteiger charge is -2.17. The Labute approximate surface area is 152 Å². The van der Waals surface area contributed by atoms with E-state index in [9.17, 15) is 4.79 Å². The zero-order valence-corrected chi connectivity index (χ0v) is 15.4. The molecular weight excluding hydrogens is 348 g/mol. The normalized spacial score (nSPS) is 10.2. The van der Waals surface area contributed by atoms with Gasteiger partial charge in [0.05, 0.1) is 31.1 Å². The molecule has 0 unspecified atom stereocenters. The second kappa shape index (κ2) is 11.5. The summed E-state index contributed by atoms with van der Waals surface area (Å²) in [6.07, 6.45) is 0. The van der Waals surface area contributed by atoms with Crippen LogP contribution in [-0.2, 0) is 14.2 Å². The average molecular weight is 372 g/mol. The topological polar surface area (TPSA) is 101 Å². The Morgan fingerprint density at radius 1 is 1.08 bits per heavy atom. The van der Waals surface area contributed by atoms with Crippen LogP contribution in [0.4, 0.5) is 5.69 Å². The second-order valence-corrected chi connectivity index (χ2v) is 5.18. The average Bonchev–Trinajstić information content (AvgIpc) is 2.56. The SMILES string of the molecule is CCOC(=O)c1cc(OCCOC)c(OCCOC)cc1NC(N)=S. The van der Waals surface area contributed by atoms with Crippen molar-refractivity contribution in [3.05, 3.63) is 17.7 Å². The van der Waals surface area contributed by atoms with Crippen LogP contribution in [0, 0.1) is 0 Å². The quantitative estimate of drug-likeness (QED) is 0.340. The first-order valence-corrected chi connectivity index (χ1v) is 8.09. The maximum Gasteiger partial charge on any atom is 0.340 e. The number of rotatable bonds is 11. The van der Waals surface area contributed by atoms with Crippen LogP contribution in [0.25, 0.3) is 0 Å². The first-order chi connectivity index (χ1) is 12.0. The molecule has 25 heavy (non-hydrogen) atoms. The largest absolute Gasteiger partial charge is 0.487 e. The van der Waals surface area contributed by atoms with Gasteiger partial charge in [0.1, 0.15) is 13.2 Å². The van der Waals surface area contributed by atoms with Gasteiger partial charge in [-0.1, -0.05) is 0 Å². The number of ether oxygens (including phenoxy) is 5. The van der Waals surface area contributed by atoms with E-state index in [1.165, 1.54) is 6.07 Å². The summed E-state index contributed by atoms with van der Waals surface area (Å²) < 4.78 is 26.3. The van der Waals surface area contributed by atoms with E-state index in [-0.39, 0.29) is 17.3 Å². The Morgan fingerprint density at radius 3 is 2.12 bits per heavy atom. The molecule has 0 saturated heterocycles. The molecule has 1 aromatic rings. The molecule has 0 heterocycles. The van der Waals surface area contributed by atoms with Crippen molar-refractivity contribution >= 4 is 29.0 Å². The van der Waals surface area contributed by atoms with Crippen molar-refractivity contribution in [2.24, 2.45) is 5.73 Å². The molecule has 0 aliphatic heterocycles. The third kappa shape index (κ3) is 7.12. The summed E-state index contributed by atoms with van der Waals surface area (Å²) in [4.78, 5) is 12.2. The van der Waals surface area contributed by atoms with Gasteiger partial charge in [-0.3, -0.25) is 0 Å². The number of esters is 1.